The van der Waals surface area contributed by atoms with Crippen molar-refractivity contribution in [2.24, 2.45) is 5.41 Å². The van der Waals surface area contributed by atoms with E-state index in [1.165, 1.54) is 19.3 Å². The zero-order chi connectivity index (χ0) is 13.8. The maximum Gasteiger partial charge on any atom is 0.157 e. The Labute approximate surface area is 119 Å². The van der Waals surface area contributed by atoms with Crippen molar-refractivity contribution in [3.05, 3.63) is 36.2 Å². The van der Waals surface area contributed by atoms with E-state index in [1.54, 1.807) is 0 Å². The molecule has 20 heavy (non-hydrogen) atoms. The van der Waals surface area contributed by atoms with Crippen LogP contribution in [0.3, 0.4) is 0 Å². The van der Waals surface area contributed by atoms with E-state index in [0.29, 0.717) is 5.41 Å². The zero-order valence-corrected chi connectivity index (χ0v) is 11.9. The largest absolute Gasteiger partial charge is 0.316 e. The number of benzene rings is 1. The second kappa shape index (κ2) is 5.71. The molecule has 0 amide bonds. The highest BCUT2D eigenvalue weighted by atomic mass is 15.5. The minimum atomic E-state index is 0.344. The molecule has 0 unspecified atom stereocenters. The quantitative estimate of drug-likeness (QED) is 0.873. The summed E-state index contributed by atoms with van der Waals surface area (Å²) in [5.74, 6) is 0.966. The van der Waals surface area contributed by atoms with Crippen molar-refractivity contribution in [3.63, 3.8) is 0 Å². The van der Waals surface area contributed by atoms with Gasteiger partial charge in [0.15, 0.2) is 5.82 Å². The standard InChI is InChI=1S/C15H21N5/c1-2-16-12-15(9-6-10-15)11-14-17-18-19-20(14)13-7-4-3-5-8-13/h3-5,7-8,16H,2,6,9-12H2,1H3. The summed E-state index contributed by atoms with van der Waals surface area (Å²) in [6.45, 7) is 4.23. The molecule has 1 heterocycles. The average Bonchev–Trinajstić information content (AvgIpc) is 2.90. The molecule has 0 radical (unpaired) electrons. The van der Waals surface area contributed by atoms with E-state index in [1.807, 2.05) is 35.0 Å². The molecule has 2 aromatic rings. The van der Waals surface area contributed by atoms with Crippen molar-refractivity contribution in [2.45, 2.75) is 32.6 Å². The number of hydrogen-bond donors (Lipinski definition) is 1. The van der Waals surface area contributed by atoms with Gasteiger partial charge in [-0.1, -0.05) is 31.5 Å². The third-order valence-electron chi connectivity index (χ3n) is 4.23. The summed E-state index contributed by atoms with van der Waals surface area (Å²) in [5, 5.41) is 15.7. The molecule has 0 saturated heterocycles. The number of tetrazole rings is 1. The molecule has 1 aromatic carbocycles. The van der Waals surface area contributed by atoms with E-state index in [4.69, 9.17) is 0 Å². The van der Waals surface area contributed by atoms with Gasteiger partial charge in [0.25, 0.3) is 0 Å². The fraction of sp³-hybridized carbons (Fsp3) is 0.533. The highest BCUT2D eigenvalue weighted by Gasteiger charge is 2.38. The van der Waals surface area contributed by atoms with Crippen LogP contribution in [0.5, 0.6) is 0 Å². The molecular weight excluding hydrogens is 250 g/mol. The van der Waals surface area contributed by atoms with Crippen LogP contribution in [0, 0.1) is 5.41 Å². The predicted octanol–water partition coefficient (Wildman–Crippen LogP) is 1.98. The van der Waals surface area contributed by atoms with Gasteiger partial charge in [0.2, 0.25) is 0 Å². The first kappa shape index (κ1) is 13.2. The number of aromatic nitrogens is 4. The molecule has 1 aliphatic rings. The summed E-state index contributed by atoms with van der Waals surface area (Å²) in [4.78, 5) is 0. The second-order valence-corrected chi connectivity index (χ2v) is 5.65. The summed E-state index contributed by atoms with van der Waals surface area (Å²) in [5.41, 5.74) is 1.38. The van der Waals surface area contributed by atoms with Gasteiger partial charge in [-0.15, -0.1) is 5.10 Å². The molecule has 0 aliphatic heterocycles. The first-order chi connectivity index (χ1) is 9.83. The first-order valence-corrected chi connectivity index (χ1v) is 7.36. The van der Waals surface area contributed by atoms with Gasteiger partial charge in [-0.05, 0) is 47.4 Å². The van der Waals surface area contributed by atoms with Crippen LogP contribution in [0.4, 0.5) is 0 Å². The molecule has 5 heteroatoms. The van der Waals surface area contributed by atoms with E-state index in [0.717, 1.165) is 31.0 Å². The number of nitrogens with zero attached hydrogens (tertiary/aromatic N) is 4. The molecule has 0 bridgehead atoms. The smallest absolute Gasteiger partial charge is 0.157 e. The summed E-state index contributed by atoms with van der Waals surface area (Å²) < 4.78 is 1.87. The van der Waals surface area contributed by atoms with Gasteiger partial charge in [-0.2, -0.15) is 4.68 Å². The topological polar surface area (TPSA) is 55.6 Å². The van der Waals surface area contributed by atoms with Crippen molar-refractivity contribution in [1.82, 2.24) is 25.5 Å². The number of rotatable bonds is 6. The summed E-state index contributed by atoms with van der Waals surface area (Å²) in [7, 11) is 0. The molecule has 0 atom stereocenters. The zero-order valence-electron chi connectivity index (χ0n) is 11.9. The first-order valence-electron chi connectivity index (χ1n) is 7.36. The number of para-hydroxylation sites is 1. The van der Waals surface area contributed by atoms with Crippen LogP contribution in [0.25, 0.3) is 5.69 Å². The van der Waals surface area contributed by atoms with Crippen LogP contribution >= 0.6 is 0 Å². The van der Waals surface area contributed by atoms with E-state index in [9.17, 15) is 0 Å². The molecule has 1 saturated carbocycles. The van der Waals surface area contributed by atoms with Crippen LogP contribution in [0.1, 0.15) is 32.0 Å². The van der Waals surface area contributed by atoms with Gasteiger partial charge in [-0.3, -0.25) is 0 Å². The molecule has 0 spiro atoms. The summed E-state index contributed by atoms with van der Waals surface area (Å²) in [6, 6.07) is 10.1. The third kappa shape index (κ3) is 2.58. The van der Waals surface area contributed by atoms with Gasteiger partial charge in [0.1, 0.15) is 0 Å². The van der Waals surface area contributed by atoms with Crippen LogP contribution in [0.2, 0.25) is 0 Å². The van der Waals surface area contributed by atoms with Crippen molar-refractivity contribution >= 4 is 0 Å². The van der Waals surface area contributed by atoms with Crippen molar-refractivity contribution in [2.75, 3.05) is 13.1 Å². The van der Waals surface area contributed by atoms with Crippen molar-refractivity contribution in [1.29, 1.82) is 0 Å². The van der Waals surface area contributed by atoms with E-state index >= 15 is 0 Å². The Morgan fingerprint density at radius 3 is 2.70 bits per heavy atom. The van der Waals surface area contributed by atoms with Crippen LogP contribution in [0.15, 0.2) is 30.3 Å². The van der Waals surface area contributed by atoms with Gasteiger partial charge >= 0.3 is 0 Å². The van der Waals surface area contributed by atoms with E-state index in [-0.39, 0.29) is 0 Å². The maximum atomic E-state index is 4.24. The lowest BCUT2D eigenvalue weighted by molar-refractivity contribution is 0.127. The minimum Gasteiger partial charge on any atom is -0.316 e. The maximum absolute atomic E-state index is 4.24. The minimum absolute atomic E-state index is 0.344. The third-order valence-corrected chi connectivity index (χ3v) is 4.23. The molecule has 5 nitrogen and oxygen atoms in total. The normalized spacial score (nSPS) is 16.9. The molecule has 1 aromatic heterocycles. The lowest BCUT2D eigenvalue weighted by atomic mass is 9.66. The lowest BCUT2D eigenvalue weighted by Crippen LogP contribution is -2.42. The Kier molecular flexibility index (Phi) is 3.78. The molecule has 1 aliphatic carbocycles. The van der Waals surface area contributed by atoms with Crippen LogP contribution in [-0.4, -0.2) is 33.3 Å². The average molecular weight is 271 g/mol. The van der Waals surface area contributed by atoms with Gasteiger partial charge < -0.3 is 5.32 Å². The molecule has 3 rings (SSSR count). The number of nitrogens with one attached hydrogen (secondary N) is 1. The summed E-state index contributed by atoms with van der Waals surface area (Å²) in [6.07, 6.45) is 4.80. The SMILES string of the molecule is CCNCC1(Cc2nnnn2-c2ccccc2)CCC1. The molecule has 106 valence electrons. The van der Waals surface area contributed by atoms with Crippen LogP contribution in [-0.2, 0) is 6.42 Å². The Morgan fingerprint density at radius 1 is 1.25 bits per heavy atom. The highest BCUT2D eigenvalue weighted by molar-refractivity contribution is 5.30. The fourth-order valence-electron chi connectivity index (χ4n) is 2.90. The lowest BCUT2D eigenvalue weighted by Gasteiger charge is -2.41. The second-order valence-electron chi connectivity index (χ2n) is 5.65. The number of hydrogen-bond acceptors (Lipinski definition) is 4. The fourth-order valence-corrected chi connectivity index (χ4v) is 2.90. The van der Waals surface area contributed by atoms with Gasteiger partial charge in [0.05, 0.1) is 5.69 Å². The Hall–Kier alpha value is -1.75. The Bertz CT molecular complexity index is 544. The van der Waals surface area contributed by atoms with Gasteiger partial charge in [-0.25, -0.2) is 0 Å². The van der Waals surface area contributed by atoms with Gasteiger partial charge in [0, 0.05) is 13.0 Å². The Balaban J connectivity index is 1.80. The summed E-state index contributed by atoms with van der Waals surface area (Å²) >= 11 is 0. The van der Waals surface area contributed by atoms with E-state index in [2.05, 4.69) is 27.8 Å². The van der Waals surface area contributed by atoms with E-state index < -0.39 is 0 Å². The predicted molar refractivity (Wildman–Crippen MR) is 77.7 cm³/mol. The van der Waals surface area contributed by atoms with Crippen molar-refractivity contribution < 1.29 is 0 Å². The Morgan fingerprint density at radius 2 is 2.05 bits per heavy atom. The monoisotopic (exact) mass is 271 g/mol. The molecule has 1 fully saturated rings. The molecular formula is C15H21N5. The molecule has 1 N–H and O–H groups in total. The van der Waals surface area contributed by atoms with Crippen molar-refractivity contribution in [3.8, 4) is 5.69 Å². The van der Waals surface area contributed by atoms with Crippen LogP contribution < -0.4 is 5.32 Å². The highest BCUT2D eigenvalue weighted by Crippen LogP contribution is 2.42.